The third-order valence-corrected chi connectivity index (χ3v) is 15.8. The molecule has 5 amide bonds. The maximum atomic E-state index is 14.5. The zero-order valence-corrected chi connectivity index (χ0v) is 30.9. The molecule has 1 unspecified atom stereocenters. The first kappa shape index (κ1) is 36.9. The molecular weight excluding hydrogens is 711 g/mol. The predicted molar refractivity (Wildman–Crippen MR) is 194 cm³/mol. The van der Waals surface area contributed by atoms with Crippen LogP contribution in [-0.2, 0) is 25.6 Å². The topological polar surface area (TPSA) is 164 Å². The normalized spacial score (nSPS) is 23.1. The molecule has 4 rings (SSSR count). The average molecular weight is 767 g/mol. The van der Waals surface area contributed by atoms with Crippen molar-refractivity contribution in [3.05, 3.63) is 30.1 Å². The minimum atomic E-state index is -2.73. The van der Waals surface area contributed by atoms with Gasteiger partial charge in [-0.25, -0.2) is 0 Å². The summed E-state index contributed by atoms with van der Waals surface area (Å²) >= 11 is -2.73. The van der Waals surface area contributed by atoms with E-state index in [9.17, 15) is 24.0 Å². The van der Waals surface area contributed by atoms with Gasteiger partial charge in [0.2, 0.25) is 0 Å². The number of nitrogens with zero attached hydrogens (tertiary/aromatic N) is 2. The number of nitrogens with one attached hydrogen (secondary N) is 3. The molecule has 3 fully saturated rings. The maximum absolute atomic E-state index is 14.5. The van der Waals surface area contributed by atoms with Crippen molar-refractivity contribution < 1.29 is 24.0 Å². The Morgan fingerprint density at radius 3 is 2.26 bits per heavy atom. The fraction of sp³-hybridized carbons (Fsp3) is 0.686. The molecule has 0 bridgehead atoms. The van der Waals surface area contributed by atoms with E-state index in [1.165, 1.54) is 0 Å². The first-order valence-electron chi connectivity index (χ1n) is 16.9. The number of carbonyl (C=O) groups is 5. The molecule has 12 heteroatoms. The number of likely N-dealkylation sites (tertiary alicyclic amines) is 1. The fourth-order valence-corrected chi connectivity index (χ4v) is 11.8. The number of carbonyl (C=O) groups excluding carboxylic acids is 5. The summed E-state index contributed by atoms with van der Waals surface area (Å²) < 4.78 is 4.34. The first-order valence-corrected chi connectivity index (χ1v) is 24.0. The summed E-state index contributed by atoms with van der Waals surface area (Å²) in [5.41, 5.74) is 5.12. The summed E-state index contributed by atoms with van der Waals surface area (Å²) in [4.78, 5) is 77.3. The van der Waals surface area contributed by atoms with Crippen LogP contribution in [0.5, 0.6) is 0 Å². The molecule has 0 spiro atoms. The number of Topliss-reactive ketones (excluding diaryl/α,β-unsaturated/α-hetero) is 1. The van der Waals surface area contributed by atoms with Crippen LogP contribution >= 0.6 is 18.0 Å². The van der Waals surface area contributed by atoms with Crippen molar-refractivity contribution in [2.24, 2.45) is 17.1 Å². The number of rotatable bonds is 12. The Morgan fingerprint density at radius 2 is 1.72 bits per heavy atom. The summed E-state index contributed by atoms with van der Waals surface area (Å²) in [5.74, 6) is -2.48. The van der Waals surface area contributed by atoms with Crippen LogP contribution < -0.4 is 21.7 Å². The summed E-state index contributed by atoms with van der Waals surface area (Å²) in [6.07, 6.45) is 10.9. The third-order valence-electron chi connectivity index (χ3n) is 10.1. The second kappa shape index (κ2) is 15.1. The van der Waals surface area contributed by atoms with Crippen LogP contribution in [0.25, 0.3) is 0 Å². The van der Waals surface area contributed by atoms with E-state index >= 15 is 0 Å². The Morgan fingerprint density at radius 1 is 1.04 bits per heavy atom. The molecule has 3 aliphatic rings. The summed E-state index contributed by atoms with van der Waals surface area (Å²) in [6.45, 7) is 6.02. The average Bonchev–Trinajstić information content (AvgIpc) is 3.43. The van der Waals surface area contributed by atoms with Crippen molar-refractivity contribution in [1.29, 1.82) is 0 Å². The van der Waals surface area contributed by atoms with Crippen molar-refractivity contribution in [1.82, 2.24) is 25.8 Å². The molecule has 1 aromatic rings. The fourth-order valence-electron chi connectivity index (χ4n) is 7.29. The second-order valence-electron chi connectivity index (χ2n) is 15.3. The van der Waals surface area contributed by atoms with Gasteiger partial charge in [-0.1, -0.05) is 6.07 Å². The number of amides is 5. The number of ketones is 1. The van der Waals surface area contributed by atoms with Gasteiger partial charge in [0.05, 0.1) is 0 Å². The molecule has 47 heavy (non-hydrogen) atoms. The van der Waals surface area contributed by atoms with E-state index in [0.29, 0.717) is 25.8 Å². The molecule has 1 aliphatic heterocycles. The molecule has 2 saturated carbocycles. The van der Waals surface area contributed by atoms with Crippen LogP contribution in [0.1, 0.15) is 90.7 Å². The molecule has 1 aromatic heterocycles. The quantitative estimate of drug-likeness (QED) is 0.145. The zero-order valence-electron chi connectivity index (χ0n) is 28.8. The van der Waals surface area contributed by atoms with E-state index in [1.807, 2.05) is 39.0 Å². The van der Waals surface area contributed by atoms with Gasteiger partial charge in [0.25, 0.3) is 0 Å². The molecule has 262 valence electrons. The van der Waals surface area contributed by atoms with Gasteiger partial charge in [0.1, 0.15) is 0 Å². The van der Waals surface area contributed by atoms with Gasteiger partial charge in [-0.15, -0.1) is 0 Å². The standard InChI is InChI=1S/C35H55IN6O5/c1-34(2,3)29(40-33(47)41-35(17-9-7-10-18-35)22-24-15-8-11-19-38-24)32(46)42-20-16-25(36(4,5)6)27(42)31(45)39-26(28(43)30(37)44)21-23-13-12-14-23/h8,11,15,19,23,25-27,29H,4,7,9-10,12-14,16-18,20-22H2,1-3,5-6H3,(H2,37,44)(H,39,45)(H2,40,41,47)/t25-,26?,27-,29+/m0/s1. The van der Waals surface area contributed by atoms with Crippen molar-refractivity contribution >= 4 is 52.0 Å². The van der Waals surface area contributed by atoms with E-state index in [-0.39, 0.29) is 15.7 Å². The number of halogens is 1. The van der Waals surface area contributed by atoms with E-state index < -0.39 is 70.7 Å². The Labute approximate surface area is 283 Å². The number of aromatic nitrogens is 1. The molecule has 1 saturated heterocycles. The van der Waals surface area contributed by atoms with Gasteiger partial charge in [0.15, 0.2) is 0 Å². The van der Waals surface area contributed by atoms with Crippen LogP contribution in [0.15, 0.2) is 24.4 Å². The number of hydrogen-bond acceptors (Lipinski definition) is 6. The summed E-state index contributed by atoms with van der Waals surface area (Å²) in [7, 11) is 0. The number of hydrogen-bond donors (Lipinski definition) is 4. The zero-order chi connectivity index (χ0) is 34.6. The van der Waals surface area contributed by atoms with Crippen molar-refractivity contribution in [3.63, 3.8) is 0 Å². The Hall–Kier alpha value is -2.90. The van der Waals surface area contributed by atoms with E-state index in [4.69, 9.17) is 5.73 Å². The molecule has 11 nitrogen and oxygen atoms in total. The third kappa shape index (κ3) is 9.38. The minimum absolute atomic E-state index is 0.141. The molecule has 0 radical (unpaired) electrons. The molecule has 2 heterocycles. The van der Waals surface area contributed by atoms with Crippen LogP contribution in [0, 0.1) is 11.3 Å². The van der Waals surface area contributed by atoms with E-state index in [0.717, 1.165) is 57.1 Å². The van der Waals surface area contributed by atoms with Crippen molar-refractivity contribution in [2.45, 2.75) is 119 Å². The van der Waals surface area contributed by atoms with Crippen molar-refractivity contribution in [3.8, 4) is 0 Å². The van der Waals surface area contributed by atoms with Gasteiger partial charge in [-0.2, -0.15) is 0 Å². The van der Waals surface area contributed by atoms with Gasteiger partial charge in [0, 0.05) is 6.20 Å². The molecule has 4 atom stereocenters. The first-order chi connectivity index (χ1) is 22.0. The van der Waals surface area contributed by atoms with Gasteiger partial charge >= 0.3 is 266 Å². The second-order valence-corrected chi connectivity index (χ2v) is 25.5. The predicted octanol–water partition coefficient (Wildman–Crippen LogP) is 3.47. The number of pyridine rings is 1. The Bertz CT molecular complexity index is 1360. The molecule has 0 aromatic carbocycles. The summed E-state index contributed by atoms with van der Waals surface area (Å²) in [5, 5.41) is 9.10. The number of nitrogens with two attached hydrogens (primary N) is 1. The molecular formula is C35H55IN6O5. The Balaban J connectivity index is 1.56. The van der Waals surface area contributed by atoms with Crippen LogP contribution in [0.3, 0.4) is 0 Å². The monoisotopic (exact) mass is 766 g/mol. The SMILES string of the molecule is C=I(C)(C)[C@H]1CCN(C(=O)[C@@H](NC(=O)NC2(Cc3ccccn3)CCCCC2)C(C)(C)C)[C@@H]1C(=O)NC(CC1CCC1)C(=O)C(N)=O. The molecule has 5 N–H and O–H groups in total. The van der Waals surface area contributed by atoms with Gasteiger partial charge < -0.3 is 0 Å². The Kier molecular flexibility index (Phi) is 11.9. The number of primary amides is 1. The van der Waals surface area contributed by atoms with Crippen LogP contribution in [-0.4, -0.2) is 87.9 Å². The van der Waals surface area contributed by atoms with Gasteiger partial charge in [-0.3, -0.25) is 0 Å². The van der Waals surface area contributed by atoms with Crippen LogP contribution in [0.4, 0.5) is 4.79 Å². The van der Waals surface area contributed by atoms with Crippen LogP contribution in [0.2, 0.25) is 0 Å². The number of alkyl halides is 3. The van der Waals surface area contributed by atoms with Gasteiger partial charge in [-0.05, 0) is 6.07 Å². The van der Waals surface area contributed by atoms with Crippen molar-refractivity contribution in [2.75, 3.05) is 16.4 Å². The molecule has 2 aliphatic carbocycles. The van der Waals surface area contributed by atoms with E-state index in [2.05, 4.69) is 35.3 Å². The van der Waals surface area contributed by atoms with E-state index in [1.54, 1.807) is 11.1 Å². The summed E-state index contributed by atoms with van der Waals surface area (Å²) in [6, 6.07) is 2.54. The number of urea groups is 1.